The average molecular weight is 407 g/mol. The summed E-state index contributed by atoms with van der Waals surface area (Å²) in [6.45, 7) is 0.320. The Morgan fingerprint density at radius 3 is 2.55 bits per heavy atom. The molecule has 0 saturated heterocycles. The average Bonchev–Trinajstić information content (AvgIpc) is 2.41. The molecule has 0 aromatic heterocycles. The van der Waals surface area contributed by atoms with Crippen LogP contribution in [-0.2, 0) is 6.54 Å². The van der Waals surface area contributed by atoms with Gasteiger partial charge in [-0.05, 0) is 40.2 Å². The van der Waals surface area contributed by atoms with Crippen molar-refractivity contribution in [1.29, 1.82) is 0 Å². The lowest BCUT2D eigenvalue weighted by atomic mass is 10.2. The van der Waals surface area contributed by atoms with E-state index in [-0.39, 0.29) is 10.2 Å². The van der Waals surface area contributed by atoms with E-state index in [2.05, 4.69) is 37.2 Å². The van der Waals surface area contributed by atoms with Crippen LogP contribution in [-0.4, -0.2) is 7.11 Å². The first-order chi connectivity index (χ1) is 9.51. The third-order valence-electron chi connectivity index (χ3n) is 2.72. The van der Waals surface area contributed by atoms with Crippen molar-refractivity contribution in [3.63, 3.8) is 0 Å². The molecule has 106 valence electrons. The first kappa shape index (κ1) is 15.3. The molecule has 0 radical (unpaired) electrons. The first-order valence-corrected chi connectivity index (χ1v) is 7.30. The van der Waals surface area contributed by atoms with Gasteiger partial charge >= 0.3 is 0 Å². The highest BCUT2D eigenvalue weighted by atomic mass is 79.9. The van der Waals surface area contributed by atoms with E-state index in [0.29, 0.717) is 12.3 Å². The van der Waals surface area contributed by atoms with Crippen molar-refractivity contribution in [2.24, 2.45) is 0 Å². The van der Waals surface area contributed by atoms with Gasteiger partial charge in [0.2, 0.25) is 0 Å². The Bertz CT molecular complexity index is 635. The van der Waals surface area contributed by atoms with Crippen LogP contribution in [0.1, 0.15) is 5.56 Å². The molecule has 0 aliphatic heterocycles. The summed E-state index contributed by atoms with van der Waals surface area (Å²) in [6.07, 6.45) is 0. The van der Waals surface area contributed by atoms with Gasteiger partial charge in [-0.15, -0.1) is 0 Å². The maximum Gasteiger partial charge on any atom is 0.147 e. The van der Waals surface area contributed by atoms with Crippen LogP contribution in [0.15, 0.2) is 39.3 Å². The molecular weight excluding hydrogens is 396 g/mol. The fraction of sp³-hybridized carbons (Fsp3) is 0.143. The van der Waals surface area contributed by atoms with Crippen molar-refractivity contribution < 1.29 is 13.5 Å². The molecule has 2 rings (SSSR count). The monoisotopic (exact) mass is 405 g/mol. The molecule has 0 amide bonds. The number of benzene rings is 2. The number of hydrogen-bond acceptors (Lipinski definition) is 2. The third kappa shape index (κ3) is 3.49. The van der Waals surface area contributed by atoms with Gasteiger partial charge in [0.05, 0.1) is 17.3 Å². The third-order valence-corrected chi connectivity index (χ3v) is 3.82. The van der Waals surface area contributed by atoms with E-state index in [4.69, 9.17) is 4.74 Å². The van der Waals surface area contributed by atoms with Gasteiger partial charge in [-0.3, -0.25) is 0 Å². The van der Waals surface area contributed by atoms with Crippen molar-refractivity contribution in [3.05, 3.63) is 56.5 Å². The summed E-state index contributed by atoms with van der Waals surface area (Å²) in [5.74, 6) is -0.360. The Morgan fingerprint density at radius 1 is 1.10 bits per heavy atom. The summed E-state index contributed by atoms with van der Waals surface area (Å²) in [5, 5.41) is 2.86. The topological polar surface area (TPSA) is 21.3 Å². The van der Waals surface area contributed by atoms with Crippen LogP contribution in [0, 0.1) is 11.6 Å². The number of halogens is 4. The fourth-order valence-corrected chi connectivity index (χ4v) is 2.46. The summed E-state index contributed by atoms with van der Waals surface area (Å²) in [4.78, 5) is 0. The van der Waals surface area contributed by atoms with E-state index in [9.17, 15) is 8.78 Å². The minimum Gasteiger partial charge on any atom is -0.496 e. The molecule has 0 heterocycles. The molecule has 1 N–H and O–H groups in total. The SMILES string of the molecule is COc1ccc(Br)cc1CNc1cc(F)c(Br)cc1F. The molecule has 2 aromatic carbocycles. The molecule has 0 saturated carbocycles. The zero-order valence-electron chi connectivity index (χ0n) is 10.5. The quantitative estimate of drug-likeness (QED) is 0.712. The lowest BCUT2D eigenvalue weighted by Gasteiger charge is -2.12. The molecule has 0 fully saturated rings. The van der Waals surface area contributed by atoms with Gasteiger partial charge in [0, 0.05) is 22.6 Å². The van der Waals surface area contributed by atoms with Crippen LogP contribution in [0.4, 0.5) is 14.5 Å². The number of nitrogens with one attached hydrogen (secondary N) is 1. The second-order valence-electron chi connectivity index (χ2n) is 4.06. The molecule has 2 aromatic rings. The first-order valence-electron chi connectivity index (χ1n) is 5.72. The van der Waals surface area contributed by atoms with Crippen LogP contribution in [0.5, 0.6) is 5.75 Å². The highest BCUT2D eigenvalue weighted by molar-refractivity contribution is 9.10. The van der Waals surface area contributed by atoms with Crippen molar-refractivity contribution in [2.75, 3.05) is 12.4 Å². The lowest BCUT2D eigenvalue weighted by molar-refractivity contribution is 0.410. The Labute approximate surface area is 132 Å². The molecule has 0 unspecified atom stereocenters. The fourth-order valence-electron chi connectivity index (χ4n) is 1.73. The zero-order chi connectivity index (χ0) is 14.7. The maximum atomic E-state index is 13.7. The van der Waals surface area contributed by atoms with Crippen molar-refractivity contribution in [2.45, 2.75) is 6.54 Å². The van der Waals surface area contributed by atoms with Crippen LogP contribution < -0.4 is 10.1 Å². The molecule has 0 aliphatic rings. The molecule has 0 spiro atoms. The molecular formula is C14H11Br2F2NO. The minimum absolute atomic E-state index is 0.0978. The predicted molar refractivity (Wildman–Crippen MR) is 82.1 cm³/mol. The second kappa shape index (κ2) is 6.54. The van der Waals surface area contributed by atoms with Crippen LogP contribution in [0.2, 0.25) is 0 Å². The molecule has 0 aliphatic carbocycles. The molecule has 2 nitrogen and oxygen atoms in total. The van der Waals surface area contributed by atoms with Gasteiger partial charge < -0.3 is 10.1 Å². The smallest absolute Gasteiger partial charge is 0.147 e. The largest absolute Gasteiger partial charge is 0.496 e. The Kier molecular flexibility index (Phi) is 4.99. The second-order valence-corrected chi connectivity index (χ2v) is 5.83. The van der Waals surface area contributed by atoms with Crippen LogP contribution in [0.3, 0.4) is 0 Å². The highest BCUT2D eigenvalue weighted by Crippen LogP contribution is 2.26. The van der Waals surface area contributed by atoms with Gasteiger partial charge in [-0.1, -0.05) is 15.9 Å². The normalized spacial score (nSPS) is 10.4. The molecule has 0 bridgehead atoms. The van der Waals surface area contributed by atoms with E-state index in [1.807, 2.05) is 12.1 Å². The Morgan fingerprint density at radius 2 is 1.85 bits per heavy atom. The standard InChI is InChI=1S/C14H11Br2F2NO/c1-20-14-3-2-9(15)4-8(14)7-19-13-6-11(17)10(16)5-12(13)18/h2-6,19H,7H2,1H3. The van der Waals surface area contributed by atoms with Crippen LogP contribution >= 0.6 is 31.9 Å². The summed E-state index contributed by atoms with van der Waals surface area (Å²) in [5.41, 5.74) is 0.942. The van der Waals surface area contributed by atoms with Crippen molar-refractivity contribution in [1.82, 2.24) is 0 Å². The molecule has 20 heavy (non-hydrogen) atoms. The summed E-state index contributed by atoms with van der Waals surface area (Å²) in [6, 6.07) is 7.72. The number of anilines is 1. The minimum atomic E-state index is -0.521. The number of ether oxygens (including phenoxy) is 1. The molecule has 6 heteroatoms. The number of methoxy groups -OCH3 is 1. The zero-order valence-corrected chi connectivity index (χ0v) is 13.7. The Hall–Kier alpha value is -1.14. The van der Waals surface area contributed by atoms with Crippen LogP contribution in [0.25, 0.3) is 0 Å². The Balaban J connectivity index is 2.21. The maximum absolute atomic E-state index is 13.7. The summed E-state index contributed by atoms with van der Waals surface area (Å²) in [7, 11) is 1.56. The van der Waals surface area contributed by atoms with E-state index in [0.717, 1.165) is 22.2 Å². The summed E-state index contributed by atoms with van der Waals surface area (Å²) >= 11 is 6.30. The van der Waals surface area contributed by atoms with E-state index in [1.165, 1.54) is 0 Å². The van der Waals surface area contributed by atoms with Gasteiger partial charge in [-0.25, -0.2) is 8.78 Å². The van der Waals surface area contributed by atoms with Crippen molar-refractivity contribution in [3.8, 4) is 5.75 Å². The number of hydrogen-bond donors (Lipinski definition) is 1. The van der Waals surface area contributed by atoms with E-state index in [1.54, 1.807) is 13.2 Å². The number of rotatable bonds is 4. The van der Waals surface area contributed by atoms with E-state index >= 15 is 0 Å². The van der Waals surface area contributed by atoms with Gasteiger partial charge in [0.1, 0.15) is 17.4 Å². The van der Waals surface area contributed by atoms with Gasteiger partial charge in [0.15, 0.2) is 0 Å². The van der Waals surface area contributed by atoms with Gasteiger partial charge in [-0.2, -0.15) is 0 Å². The predicted octanol–water partition coefficient (Wildman–Crippen LogP) is 5.11. The highest BCUT2D eigenvalue weighted by Gasteiger charge is 2.09. The van der Waals surface area contributed by atoms with Crippen molar-refractivity contribution >= 4 is 37.5 Å². The van der Waals surface area contributed by atoms with Gasteiger partial charge in [0.25, 0.3) is 0 Å². The van der Waals surface area contributed by atoms with E-state index < -0.39 is 11.6 Å². The summed E-state index contributed by atoms with van der Waals surface area (Å²) < 4.78 is 33.3. The lowest BCUT2D eigenvalue weighted by Crippen LogP contribution is -2.04. The molecule has 0 atom stereocenters.